The third-order valence-electron chi connectivity index (χ3n) is 3.78. The number of likely N-dealkylation sites (tertiary alicyclic amines) is 1. The number of anilines is 1. The van der Waals surface area contributed by atoms with Crippen LogP contribution in [0.1, 0.15) is 25.8 Å². The van der Waals surface area contributed by atoms with E-state index in [0.29, 0.717) is 0 Å². The fourth-order valence-electron chi connectivity index (χ4n) is 2.64. The topological polar surface area (TPSA) is 58.4 Å². The Morgan fingerprint density at radius 2 is 2.32 bits per heavy atom. The molecule has 19 heavy (non-hydrogen) atoms. The van der Waals surface area contributed by atoms with E-state index < -0.39 is 0 Å². The Bertz CT molecular complexity index is 460. The first-order valence-electron chi connectivity index (χ1n) is 6.80. The van der Waals surface area contributed by atoms with Crippen LogP contribution in [-0.4, -0.2) is 30.4 Å². The second kappa shape index (κ2) is 5.72. The third kappa shape index (κ3) is 3.78. The zero-order valence-corrected chi connectivity index (χ0v) is 11.8. The summed E-state index contributed by atoms with van der Waals surface area (Å²) in [7, 11) is 0. The van der Waals surface area contributed by atoms with Crippen molar-refractivity contribution in [1.29, 1.82) is 0 Å². The number of nitrogens with one attached hydrogen (secondary N) is 1. The van der Waals surface area contributed by atoms with Crippen LogP contribution in [0.25, 0.3) is 0 Å². The van der Waals surface area contributed by atoms with Gasteiger partial charge in [-0.2, -0.15) is 0 Å². The summed E-state index contributed by atoms with van der Waals surface area (Å²) in [5.41, 5.74) is 8.18. The van der Waals surface area contributed by atoms with Crippen molar-refractivity contribution in [3.05, 3.63) is 29.8 Å². The Morgan fingerprint density at radius 1 is 1.53 bits per heavy atom. The van der Waals surface area contributed by atoms with Crippen LogP contribution in [0, 0.1) is 5.41 Å². The summed E-state index contributed by atoms with van der Waals surface area (Å²) < 4.78 is 0. The average Bonchev–Trinajstić information content (AvgIpc) is 2.71. The number of carbonyl (C=O) groups is 1. The Kier molecular flexibility index (Phi) is 4.22. The molecule has 4 heteroatoms. The molecule has 0 bridgehead atoms. The minimum atomic E-state index is -0.0333. The van der Waals surface area contributed by atoms with E-state index in [2.05, 4.69) is 23.2 Å². The molecule has 1 aliphatic rings. The lowest BCUT2D eigenvalue weighted by Gasteiger charge is -2.22. The van der Waals surface area contributed by atoms with E-state index in [0.717, 1.165) is 38.3 Å². The van der Waals surface area contributed by atoms with Crippen molar-refractivity contribution in [2.24, 2.45) is 11.1 Å². The van der Waals surface area contributed by atoms with Gasteiger partial charge in [0.1, 0.15) is 0 Å². The van der Waals surface area contributed by atoms with E-state index in [4.69, 9.17) is 5.73 Å². The molecule has 1 aliphatic heterocycles. The van der Waals surface area contributed by atoms with E-state index in [1.54, 1.807) is 0 Å². The molecule has 3 N–H and O–H groups in total. The lowest BCUT2D eigenvalue weighted by Crippen LogP contribution is -2.31. The molecule has 1 amide bonds. The molecule has 1 aromatic rings. The van der Waals surface area contributed by atoms with Gasteiger partial charge in [0, 0.05) is 25.7 Å². The molecule has 0 aromatic heterocycles. The second-order valence-corrected chi connectivity index (χ2v) is 5.86. The van der Waals surface area contributed by atoms with Gasteiger partial charge >= 0.3 is 0 Å². The minimum absolute atomic E-state index is 0.0333. The number of carbonyl (C=O) groups excluding carboxylic acids is 1. The SMILES string of the molecule is CC(=O)Nc1cccc(CN2CCC(C)(CN)C2)c1. The highest BCUT2D eigenvalue weighted by Gasteiger charge is 2.32. The van der Waals surface area contributed by atoms with Crippen LogP contribution in [0.5, 0.6) is 0 Å². The van der Waals surface area contributed by atoms with Gasteiger partial charge < -0.3 is 11.1 Å². The van der Waals surface area contributed by atoms with Crippen LogP contribution in [0.4, 0.5) is 5.69 Å². The Hall–Kier alpha value is -1.39. The first-order valence-corrected chi connectivity index (χ1v) is 6.80. The zero-order chi connectivity index (χ0) is 13.9. The summed E-state index contributed by atoms with van der Waals surface area (Å²) in [6.45, 7) is 7.59. The van der Waals surface area contributed by atoms with Gasteiger partial charge in [0.2, 0.25) is 5.91 Å². The molecule has 1 atom stereocenters. The summed E-state index contributed by atoms with van der Waals surface area (Å²) in [4.78, 5) is 13.5. The molecule has 1 saturated heterocycles. The molecule has 1 fully saturated rings. The fraction of sp³-hybridized carbons (Fsp3) is 0.533. The van der Waals surface area contributed by atoms with Gasteiger partial charge in [-0.25, -0.2) is 0 Å². The summed E-state index contributed by atoms with van der Waals surface area (Å²) in [5, 5.41) is 2.82. The normalized spacial score (nSPS) is 23.5. The maximum atomic E-state index is 11.1. The van der Waals surface area contributed by atoms with E-state index in [1.165, 1.54) is 12.5 Å². The third-order valence-corrected chi connectivity index (χ3v) is 3.78. The van der Waals surface area contributed by atoms with Crippen molar-refractivity contribution >= 4 is 11.6 Å². The molecule has 4 nitrogen and oxygen atoms in total. The predicted octanol–water partition coefficient (Wildman–Crippen LogP) is 1.82. The second-order valence-electron chi connectivity index (χ2n) is 5.86. The minimum Gasteiger partial charge on any atom is -0.330 e. The predicted molar refractivity (Wildman–Crippen MR) is 77.8 cm³/mol. The van der Waals surface area contributed by atoms with E-state index in [1.807, 2.05) is 18.2 Å². The highest BCUT2D eigenvalue weighted by Crippen LogP contribution is 2.29. The number of amides is 1. The summed E-state index contributed by atoms with van der Waals surface area (Å²) in [6, 6.07) is 8.04. The molecular formula is C15H23N3O. The Balaban J connectivity index is 1.98. The van der Waals surface area contributed by atoms with Gasteiger partial charge in [-0.15, -0.1) is 0 Å². The molecule has 1 unspecified atom stereocenters. The number of benzene rings is 1. The lowest BCUT2D eigenvalue weighted by molar-refractivity contribution is -0.114. The van der Waals surface area contributed by atoms with E-state index in [-0.39, 0.29) is 11.3 Å². The number of nitrogens with two attached hydrogens (primary N) is 1. The smallest absolute Gasteiger partial charge is 0.221 e. The first-order chi connectivity index (χ1) is 9.00. The van der Waals surface area contributed by atoms with Crippen LogP contribution in [0.2, 0.25) is 0 Å². The Labute approximate surface area is 115 Å². The van der Waals surface area contributed by atoms with Crippen LogP contribution < -0.4 is 11.1 Å². The molecule has 0 aliphatic carbocycles. The standard InChI is InChI=1S/C15H23N3O/c1-12(19)17-14-5-3-4-13(8-14)9-18-7-6-15(2,10-16)11-18/h3-5,8H,6-7,9-11,16H2,1-2H3,(H,17,19). The molecule has 1 heterocycles. The summed E-state index contributed by atoms with van der Waals surface area (Å²) >= 11 is 0. The molecule has 0 radical (unpaired) electrons. The van der Waals surface area contributed by atoms with Crippen LogP contribution >= 0.6 is 0 Å². The summed E-state index contributed by atoms with van der Waals surface area (Å²) in [6.07, 6.45) is 1.16. The lowest BCUT2D eigenvalue weighted by atomic mass is 9.90. The van der Waals surface area contributed by atoms with Crippen molar-refractivity contribution in [3.8, 4) is 0 Å². The van der Waals surface area contributed by atoms with Crippen molar-refractivity contribution in [1.82, 2.24) is 4.90 Å². The molecule has 0 spiro atoms. The number of rotatable bonds is 4. The zero-order valence-electron chi connectivity index (χ0n) is 11.8. The highest BCUT2D eigenvalue weighted by atomic mass is 16.1. The molecule has 1 aromatic carbocycles. The van der Waals surface area contributed by atoms with Gasteiger partial charge in [-0.3, -0.25) is 9.69 Å². The fourth-order valence-corrected chi connectivity index (χ4v) is 2.64. The van der Waals surface area contributed by atoms with Gasteiger partial charge in [0.15, 0.2) is 0 Å². The number of nitrogens with zero attached hydrogens (tertiary/aromatic N) is 1. The molecule has 2 rings (SSSR count). The van der Waals surface area contributed by atoms with Crippen LogP contribution in [0.15, 0.2) is 24.3 Å². The van der Waals surface area contributed by atoms with Crippen LogP contribution in [-0.2, 0) is 11.3 Å². The molecular weight excluding hydrogens is 238 g/mol. The molecule has 104 valence electrons. The largest absolute Gasteiger partial charge is 0.330 e. The van der Waals surface area contributed by atoms with Crippen molar-refractivity contribution in [2.45, 2.75) is 26.8 Å². The quantitative estimate of drug-likeness (QED) is 0.869. The highest BCUT2D eigenvalue weighted by molar-refractivity contribution is 5.88. The Morgan fingerprint density at radius 3 is 2.95 bits per heavy atom. The van der Waals surface area contributed by atoms with Crippen molar-refractivity contribution in [2.75, 3.05) is 25.0 Å². The van der Waals surface area contributed by atoms with Gasteiger partial charge in [0.05, 0.1) is 0 Å². The first kappa shape index (κ1) is 14.0. The van der Waals surface area contributed by atoms with Gasteiger partial charge in [-0.05, 0) is 42.6 Å². The van der Waals surface area contributed by atoms with Crippen LogP contribution in [0.3, 0.4) is 0 Å². The van der Waals surface area contributed by atoms with Crippen molar-refractivity contribution < 1.29 is 4.79 Å². The number of hydrogen-bond donors (Lipinski definition) is 2. The maximum Gasteiger partial charge on any atom is 0.221 e. The van der Waals surface area contributed by atoms with E-state index in [9.17, 15) is 4.79 Å². The molecule has 0 saturated carbocycles. The van der Waals surface area contributed by atoms with Gasteiger partial charge in [-0.1, -0.05) is 19.1 Å². The monoisotopic (exact) mass is 261 g/mol. The maximum absolute atomic E-state index is 11.1. The average molecular weight is 261 g/mol. The van der Waals surface area contributed by atoms with Gasteiger partial charge in [0.25, 0.3) is 0 Å². The summed E-state index contributed by atoms with van der Waals surface area (Å²) in [5.74, 6) is -0.0333. The van der Waals surface area contributed by atoms with Crippen molar-refractivity contribution in [3.63, 3.8) is 0 Å². The van der Waals surface area contributed by atoms with E-state index >= 15 is 0 Å². The number of hydrogen-bond acceptors (Lipinski definition) is 3.